The van der Waals surface area contributed by atoms with Gasteiger partial charge in [0.15, 0.2) is 0 Å². The average molecular weight is 330 g/mol. The Labute approximate surface area is 145 Å². The van der Waals surface area contributed by atoms with Gasteiger partial charge in [0.05, 0.1) is 0 Å². The topological polar surface area (TPSA) is 63.0 Å². The van der Waals surface area contributed by atoms with E-state index < -0.39 is 0 Å². The van der Waals surface area contributed by atoms with Crippen LogP contribution in [0.3, 0.4) is 0 Å². The number of phenolic OH excluding ortho intramolecular Hbond substituents is 1. The Hall–Kier alpha value is -2.56. The fourth-order valence-corrected chi connectivity index (χ4v) is 1.82. The summed E-state index contributed by atoms with van der Waals surface area (Å²) in [6.45, 7) is 12.0. The summed E-state index contributed by atoms with van der Waals surface area (Å²) in [5.74, 6) is 0.141. The third-order valence-corrected chi connectivity index (χ3v) is 2.77. The third kappa shape index (κ3) is 5.26. The van der Waals surface area contributed by atoms with Gasteiger partial charge in [-0.25, -0.2) is 0 Å². The molecule has 2 aromatic carbocycles. The Kier molecular flexibility index (Phi) is 10.7. The molecule has 0 spiro atoms. The van der Waals surface area contributed by atoms with E-state index in [0.29, 0.717) is 5.69 Å². The number of nitrogens with one attached hydrogen (secondary N) is 1. The van der Waals surface area contributed by atoms with Crippen LogP contribution in [-0.4, -0.2) is 27.1 Å². The summed E-state index contributed by atoms with van der Waals surface area (Å²) in [7, 11) is 1.80. The Balaban J connectivity index is 0.000000798. The summed E-state index contributed by atoms with van der Waals surface area (Å²) in [6, 6.07) is 12.9. The van der Waals surface area contributed by atoms with E-state index in [0.717, 1.165) is 16.7 Å². The van der Waals surface area contributed by atoms with Gasteiger partial charge in [-0.2, -0.15) is 0 Å². The molecule has 1 heterocycles. The first kappa shape index (κ1) is 21.4. The standard InChI is InChI=1S/C13H12N4O.3C2H6/c1-14-9-6-7-12(13(18)8-9)17-15-10-4-2-3-5-11(10)16-17;3*1-2/h2-8,14,18H,1H3;3*1-2H3. The first-order chi connectivity index (χ1) is 11.8. The second-order valence-electron chi connectivity index (χ2n) is 3.93. The first-order valence-electron chi connectivity index (χ1n) is 8.61. The van der Waals surface area contributed by atoms with Crippen LogP contribution >= 0.6 is 0 Å². The van der Waals surface area contributed by atoms with Crippen LogP contribution in [0.4, 0.5) is 5.69 Å². The van der Waals surface area contributed by atoms with Gasteiger partial charge in [0, 0.05) is 18.8 Å². The molecule has 0 saturated heterocycles. The molecule has 1 aromatic heterocycles. The fraction of sp³-hybridized carbons (Fsp3) is 0.368. The lowest BCUT2D eigenvalue weighted by molar-refractivity contribution is 0.468. The molecule has 5 heteroatoms. The summed E-state index contributed by atoms with van der Waals surface area (Å²) in [6.07, 6.45) is 0. The highest BCUT2D eigenvalue weighted by molar-refractivity contribution is 5.73. The van der Waals surface area contributed by atoms with E-state index in [2.05, 4.69) is 15.5 Å². The Morgan fingerprint density at radius 3 is 1.75 bits per heavy atom. The predicted molar refractivity (Wildman–Crippen MR) is 104 cm³/mol. The van der Waals surface area contributed by atoms with Crippen LogP contribution in [0.15, 0.2) is 42.5 Å². The van der Waals surface area contributed by atoms with Gasteiger partial charge in [-0.05, 0) is 24.3 Å². The molecule has 3 rings (SSSR count). The van der Waals surface area contributed by atoms with Crippen molar-refractivity contribution in [3.8, 4) is 11.4 Å². The highest BCUT2D eigenvalue weighted by Gasteiger charge is 2.08. The number of fused-ring (bicyclic) bond motifs is 1. The van der Waals surface area contributed by atoms with Crippen molar-refractivity contribution < 1.29 is 5.11 Å². The van der Waals surface area contributed by atoms with E-state index in [1.54, 1.807) is 19.2 Å². The smallest absolute Gasteiger partial charge is 0.145 e. The van der Waals surface area contributed by atoms with Gasteiger partial charge in [-0.1, -0.05) is 53.7 Å². The van der Waals surface area contributed by atoms with Crippen molar-refractivity contribution in [3.63, 3.8) is 0 Å². The van der Waals surface area contributed by atoms with Crippen LogP contribution in [0.1, 0.15) is 41.5 Å². The maximum absolute atomic E-state index is 9.96. The molecular weight excluding hydrogens is 300 g/mol. The van der Waals surface area contributed by atoms with Crippen LogP contribution in [0, 0.1) is 0 Å². The summed E-state index contributed by atoms with van der Waals surface area (Å²) in [5.41, 5.74) is 3.00. The second kappa shape index (κ2) is 11.9. The molecule has 0 amide bonds. The maximum atomic E-state index is 9.96. The number of benzene rings is 2. The lowest BCUT2D eigenvalue weighted by Gasteiger charge is -2.05. The zero-order valence-corrected chi connectivity index (χ0v) is 15.8. The van der Waals surface area contributed by atoms with E-state index >= 15 is 0 Å². The van der Waals surface area contributed by atoms with E-state index in [9.17, 15) is 5.11 Å². The van der Waals surface area contributed by atoms with Crippen LogP contribution < -0.4 is 5.32 Å². The normalized spacial score (nSPS) is 8.79. The predicted octanol–water partition coefficient (Wildman–Crippen LogP) is 5.25. The maximum Gasteiger partial charge on any atom is 0.145 e. The molecule has 0 saturated carbocycles. The number of aromatic hydroxyl groups is 1. The van der Waals surface area contributed by atoms with Gasteiger partial charge in [0.2, 0.25) is 0 Å². The van der Waals surface area contributed by atoms with Crippen LogP contribution in [0.25, 0.3) is 16.7 Å². The monoisotopic (exact) mass is 330 g/mol. The second-order valence-corrected chi connectivity index (χ2v) is 3.93. The molecule has 0 aliphatic heterocycles. The molecule has 0 atom stereocenters. The molecule has 5 nitrogen and oxygen atoms in total. The van der Waals surface area contributed by atoms with Gasteiger partial charge in [0.25, 0.3) is 0 Å². The molecule has 2 N–H and O–H groups in total. The molecule has 0 unspecified atom stereocenters. The molecule has 24 heavy (non-hydrogen) atoms. The van der Waals surface area contributed by atoms with Crippen molar-refractivity contribution >= 4 is 16.7 Å². The van der Waals surface area contributed by atoms with Gasteiger partial charge in [-0.3, -0.25) is 0 Å². The van der Waals surface area contributed by atoms with Gasteiger partial charge < -0.3 is 10.4 Å². The number of nitrogens with zero attached hydrogens (tertiary/aromatic N) is 3. The highest BCUT2D eigenvalue weighted by Crippen LogP contribution is 2.25. The lowest BCUT2D eigenvalue weighted by Crippen LogP contribution is -1.99. The number of hydrogen-bond acceptors (Lipinski definition) is 4. The van der Waals surface area contributed by atoms with Crippen molar-refractivity contribution in [2.75, 3.05) is 12.4 Å². The Morgan fingerprint density at radius 1 is 0.833 bits per heavy atom. The zero-order valence-electron chi connectivity index (χ0n) is 15.8. The minimum atomic E-state index is 0.141. The van der Waals surface area contributed by atoms with Crippen molar-refractivity contribution in [1.29, 1.82) is 0 Å². The van der Waals surface area contributed by atoms with E-state index in [1.165, 1.54) is 4.80 Å². The third-order valence-electron chi connectivity index (χ3n) is 2.77. The van der Waals surface area contributed by atoms with E-state index in [4.69, 9.17) is 0 Å². The largest absolute Gasteiger partial charge is 0.506 e. The number of hydrogen-bond donors (Lipinski definition) is 2. The minimum absolute atomic E-state index is 0.141. The Bertz CT molecular complexity index is 674. The van der Waals surface area contributed by atoms with Crippen LogP contribution in [-0.2, 0) is 0 Å². The average Bonchev–Trinajstić information content (AvgIpc) is 3.10. The minimum Gasteiger partial charge on any atom is -0.506 e. The molecule has 0 fully saturated rings. The summed E-state index contributed by atoms with van der Waals surface area (Å²) in [5, 5.41) is 21.6. The van der Waals surface area contributed by atoms with Crippen molar-refractivity contribution in [3.05, 3.63) is 42.5 Å². The quantitative estimate of drug-likeness (QED) is 0.674. The molecule has 3 aromatic rings. The summed E-state index contributed by atoms with van der Waals surface area (Å²) >= 11 is 0. The van der Waals surface area contributed by atoms with Gasteiger partial charge >= 0.3 is 0 Å². The number of phenols is 1. The molecule has 0 bridgehead atoms. The molecule has 0 aliphatic rings. The number of anilines is 1. The first-order valence-corrected chi connectivity index (χ1v) is 8.61. The summed E-state index contributed by atoms with van der Waals surface area (Å²) in [4.78, 5) is 1.44. The lowest BCUT2D eigenvalue weighted by atomic mass is 10.2. The molecule has 132 valence electrons. The fourth-order valence-electron chi connectivity index (χ4n) is 1.82. The zero-order chi connectivity index (χ0) is 18.5. The van der Waals surface area contributed by atoms with Crippen molar-refractivity contribution in [2.45, 2.75) is 41.5 Å². The van der Waals surface area contributed by atoms with Crippen LogP contribution in [0.2, 0.25) is 0 Å². The summed E-state index contributed by atoms with van der Waals surface area (Å²) < 4.78 is 0. The van der Waals surface area contributed by atoms with Crippen molar-refractivity contribution in [2.24, 2.45) is 0 Å². The van der Waals surface area contributed by atoms with Gasteiger partial charge in [-0.15, -0.1) is 15.0 Å². The highest BCUT2D eigenvalue weighted by atomic mass is 16.3. The molecule has 0 aliphatic carbocycles. The Morgan fingerprint density at radius 2 is 1.33 bits per heavy atom. The molecule has 0 radical (unpaired) electrons. The number of rotatable bonds is 2. The van der Waals surface area contributed by atoms with Gasteiger partial charge in [0.1, 0.15) is 22.5 Å². The molecular formula is C19H30N4O. The van der Waals surface area contributed by atoms with Crippen LogP contribution in [0.5, 0.6) is 5.75 Å². The SMILES string of the molecule is CC.CC.CC.CNc1ccc(-n2nc3ccccc3n2)c(O)c1. The van der Waals surface area contributed by atoms with Crippen molar-refractivity contribution in [1.82, 2.24) is 15.0 Å². The number of aromatic nitrogens is 3. The van der Waals surface area contributed by atoms with E-state index in [1.807, 2.05) is 71.9 Å². The van der Waals surface area contributed by atoms with E-state index in [-0.39, 0.29) is 5.75 Å².